The van der Waals surface area contributed by atoms with Crippen LogP contribution in [-0.2, 0) is 20.6 Å². The van der Waals surface area contributed by atoms with Crippen molar-refractivity contribution in [1.29, 1.82) is 0 Å². The number of halogens is 2. The zero-order valence-electron chi connectivity index (χ0n) is 16.4. The fraction of sp³-hybridized carbons (Fsp3) is 0.316. The number of hydrogen-bond donors (Lipinski definition) is 2. The average molecular weight is 445 g/mol. The molecule has 0 spiro atoms. The summed E-state index contributed by atoms with van der Waals surface area (Å²) in [6.07, 6.45) is 0. The first kappa shape index (κ1) is 22.9. The maximum absolute atomic E-state index is 13.4. The molecular formula is C19H22ClFN2O5S. The first-order valence-corrected chi connectivity index (χ1v) is 10.5. The summed E-state index contributed by atoms with van der Waals surface area (Å²) in [6.45, 7) is 2.81. The molecule has 0 atom stereocenters. The van der Waals surface area contributed by atoms with Crippen LogP contribution in [0.15, 0.2) is 36.4 Å². The van der Waals surface area contributed by atoms with Gasteiger partial charge in [-0.1, -0.05) is 11.6 Å². The van der Waals surface area contributed by atoms with E-state index in [0.29, 0.717) is 17.2 Å². The van der Waals surface area contributed by atoms with Crippen molar-refractivity contribution in [2.24, 2.45) is 0 Å². The Morgan fingerprint density at radius 1 is 1.14 bits per heavy atom. The summed E-state index contributed by atoms with van der Waals surface area (Å²) in [5, 5.41) is 2.74. The molecule has 0 heterocycles. The summed E-state index contributed by atoms with van der Waals surface area (Å²) in [6, 6.07) is 8.23. The van der Waals surface area contributed by atoms with E-state index in [-0.39, 0.29) is 10.6 Å². The zero-order valence-corrected chi connectivity index (χ0v) is 17.9. The molecule has 0 aliphatic heterocycles. The SMILES string of the molecule is COc1ccc(NC(=O)C(C)(C)NS(=O)(=O)Cc2cc(F)ccc2Cl)c(OC)c1. The van der Waals surface area contributed by atoms with Crippen molar-refractivity contribution in [2.75, 3.05) is 19.5 Å². The number of carbonyl (C=O) groups is 1. The lowest BCUT2D eigenvalue weighted by Gasteiger charge is -2.25. The number of ether oxygens (including phenoxy) is 2. The van der Waals surface area contributed by atoms with Gasteiger partial charge in [-0.15, -0.1) is 0 Å². The Bertz CT molecular complexity index is 1010. The summed E-state index contributed by atoms with van der Waals surface area (Å²) in [5.41, 5.74) is -1.07. The van der Waals surface area contributed by atoms with Crippen LogP contribution >= 0.6 is 11.6 Å². The van der Waals surface area contributed by atoms with Gasteiger partial charge in [0.15, 0.2) is 0 Å². The summed E-state index contributed by atoms with van der Waals surface area (Å²) in [7, 11) is -1.08. The van der Waals surface area contributed by atoms with Crippen molar-refractivity contribution < 1.29 is 27.1 Å². The van der Waals surface area contributed by atoms with Crippen molar-refractivity contribution in [3.63, 3.8) is 0 Å². The number of methoxy groups -OCH3 is 2. The second-order valence-corrected chi connectivity index (χ2v) is 8.87. The molecule has 0 aliphatic carbocycles. The molecule has 29 heavy (non-hydrogen) atoms. The molecule has 0 unspecified atom stereocenters. The van der Waals surface area contributed by atoms with Crippen molar-refractivity contribution >= 4 is 33.2 Å². The number of carbonyl (C=O) groups excluding carboxylic acids is 1. The van der Waals surface area contributed by atoms with E-state index in [1.807, 2.05) is 0 Å². The van der Waals surface area contributed by atoms with Crippen molar-refractivity contribution in [3.8, 4) is 11.5 Å². The van der Waals surface area contributed by atoms with E-state index in [0.717, 1.165) is 12.1 Å². The van der Waals surface area contributed by atoms with E-state index in [1.54, 1.807) is 18.2 Å². The smallest absolute Gasteiger partial charge is 0.245 e. The van der Waals surface area contributed by atoms with E-state index < -0.39 is 33.0 Å². The molecule has 0 radical (unpaired) electrons. The van der Waals surface area contributed by atoms with Crippen molar-refractivity contribution in [1.82, 2.24) is 4.72 Å². The van der Waals surface area contributed by atoms with Crippen LogP contribution in [0.3, 0.4) is 0 Å². The molecule has 158 valence electrons. The van der Waals surface area contributed by atoms with Crippen LogP contribution in [-0.4, -0.2) is 34.1 Å². The van der Waals surface area contributed by atoms with Gasteiger partial charge < -0.3 is 14.8 Å². The molecule has 0 bridgehead atoms. The number of sulfonamides is 1. The standard InChI is InChI=1S/C19H22ClFN2O5S/c1-19(2,18(24)22-16-8-6-14(27-3)10-17(16)28-4)23-29(25,26)11-12-9-13(21)5-7-15(12)20/h5-10,23H,11H2,1-4H3,(H,22,24). The summed E-state index contributed by atoms with van der Waals surface area (Å²) < 4.78 is 51.1. The molecule has 7 nitrogen and oxygen atoms in total. The minimum absolute atomic E-state index is 0.0900. The van der Waals surface area contributed by atoms with E-state index in [2.05, 4.69) is 10.0 Å². The number of amides is 1. The highest BCUT2D eigenvalue weighted by Gasteiger charge is 2.33. The third-order valence-corrected chi connectivity index (χ3v) is 5.87. The third kappa shape index (κ3) is 6.06. The Hall–Kier alpha value is -2.36. The van der Waals surface area contributed by atoms with Crippen LogP contribution in [0.5, 0.6) is 11.5 Å². The van der Waals surface area contributed by atoms with Gasteiger partial charge in [0.25, 0.3) is 0 Å². The minimum atomic E-state index is -4.01. The van der Waals surface area contributed by atoms with Gasteiger partial charge in [-0.3, -0.25) is 4.79 Å². The van der Waals surface area contributed by atoms with Gasteiger partial charge in [0.05, 0.1) is 25.7 Å². The topological polar surface area (TPSA) is 93.7 Å². The molecular weight excluding hydrogens is 423 g/mol. The quantitative estimate of drug-likeness (QED) is 0.651. The fourth-order valence-electron chi connectivity index (χ4n) is 2.51. The van der Waals surface area contributed by atoms with Gasteiger partial charge in [-0.05, 0) is 49.7 Å². The Morgan fingerprint density at radius 3 is 2.45 bits per heavy atom. The largest absolute Gasteiger partial charge is 0.497 e. The highest BCUT2D eigenvalue weighted by Crippen LogP contribution is 2.29. The number of hydrogen-bond acceptors (Lipinski definition) is 5. The van der Waals surface area contributed by atoms with E-state index in [1.165, 1.54) is 34.1 Å². The Kier molecular flexibility index (Phi) is 7.10. The maximum atomic E-state index is 13.4. The van der Waals surface area contributed by atoms with Crippen molar-refractivity contribution in [3.05, 3.63) is 52.8 Å². The third-order valence-electron chi connectivity index (χ3n) is 3.99. The maximum Gasteiger partial charge on any atom is 0.245 e. The monoisotopic (exact) mass is 444 g/mol. The lowest BCUT2D eigenvalue weighted by Crippen LogP contribution is -2.52. The first-order valence-electron chi connectivity index (χ1n) is 8.46. The number of rotatable bonds is 8. The van der Waals surface area contributed by atoms with Gasteiger partial charge in [0.2, 0.25) is 15.9 Å². The molecule has 2 aromatic carbocycles. The molecule has 1 amide bonds. The highest BCUT2D eigenvalue weighted by molar-refractivity contribution is 7.88. The van der Waals surface area contributed by atoms with Crippen LogP contribution in [0.2, 0.25) is 5.02 Å². The molecule has 0 aromatic heterocycles. The molecule has 2 aromatic rings. The van der Waals surface area contributed by atoms with Gasteiger partial charge in [-0.2, -0.15) is 4.72 Å². The highest BCUT2D eigenvalue weighted by atomic mass is 35.5. The van der Waals surface area contributed by atoms with Crippen LogP contribution in [0.1, 0.15) is 19.4 Å². The number of nitrogens with one attached hydrogen (secondary N) is 2. The summed E-state index contributed by atoms with van der Waals surface area (Å²) in [5.74, 6) is -0.917. The molecule has 0 fully saturated rings. The Balaban J connectivity index is 2.17. The van der Waals surface area contributed by atoms with Gasteiger partial charge in [-0.25, -0.2) is 12.8 Å². The van der Waals surface area contributed by atoms with Crippen molar-refractivity contribution in [2.45, 2.75) is 25.1 Å². The van der Waals surface area contributed by atoms with E-state index >= 15 is 0 Å². The number of anilines is 1. The van der Waals surface area contributed by atoms with E-state index in [4.69, 9.17) is 21.1 Å². The normalized spacial score (nSPS) is 11.8. The molecule has 0 saturated carbocycles. The molecule has 0 aliphatic rings. The Morgan fingerprint density at radius 2 is 1.83 bits per heavy atom. The van der Waals surface area contributed by atoms with E-state index in [9.17, 15) is 17.6 Å². The van der Waals surface area contributed by atoms with Crippen LogP contribution in [0, 0.1) is 5.82 Å². The predicted octanol–water partition coefficient (Wildman–Crippen LogP) is 3.33. The zero-order chi connectivity index (χ0) is 21.8. The average Bonchev–Trinajstić information content (AvgIpc) is 2.63. The molecule has 10 heteroatoms. The van der Waals surface area contributed by atoms with Crippen LogP contribution in [0.4, 0.5) is 10.1 Å². The lowest BCUT2D eigenvalue weighted by atomic mass is 10.1. The summed E-state index contributed by atoms with van der Waals surface area (Å²) in [4.78, 5) is 12.7. The second-order valence-electron chi connectivity index (χ2n) is 6.74. The summed E-state index contributed by atoms with van der Waals surface area (Å²) >= 11 is 5.94. The van der Waals surface area contributed by atoms with Crippen LogP contribution < -0.4 is 19.5 Å². The fourth-order valence-corrected chi connectivity index (χ4v) is 4.36. The van der Waals surface area contributed by atoms with Gasteiger partial charge in [0, 0.05) is 11.1 Å². The molecule has 0 saturated heterocycles. The molecule has 2 rings (SSSR count). The second kappa shape index (κ2) is 8.98. The minimum Gasteiger partial charge on any atom is -0.497 e. The molecule has 2 N–H and O–H groups in total. The van der Waals surface area contributed by atoms with Gasteiger partial charge in [0.1, 0.15) is 22.9 Å². The van der Waals surface area contributed by atoms with Crippen LogP contribution in [0.25, 0.3) is 0 Å². The lowest BCUT2D eigenvalue weighted by molar-refractivity contribution is -0.120. The van der Waals surface area contributed by atoms with Gasteiger partial charge >= 0.3 is 0 Å². The Labute approximate surface area is 174 Å². The predicted molar refractivity (Wildman–Crippen MR) is 109 cm³/mol. The number of benzene rings is 2. The first-order chi connectivity index (χ1) is 13.5.